The van der Waals surface area contributed by atoms with Crippen molar-refractivity contribution in [3.8, 4) is 0 Å². The van der Waals surface area contributed by atoms with Crippen molar-refractivity contribution in [3.63, 3.8) is 0 Å². The number of nitrogens with one attached hydrogen (secondary N) is 1. The van der Waals surface area contributed by atoms with Crippen molar-refractivity contribution in [1.82, 2.24) is 0 Å². The van der Waals surface area contributed by atoms with E-state index in [2.05, 4.69) is 5.32 Å². The SMILES string of the molecule is Cc1ccc(S(N)(=O)=O)cc1NC(=O)CC(C)C. The second-order valence-electron chi connectivity index (χ2n) is 4.67. The minimum absolute atomic E-state index is 0.00653. The van der Waals surface area contributed by atoms with Crippen LogP contribution in [0.4, 0.5) is 5.69 Å². The molecule has 0 fully saturated rings. The van der Waals surface area contributed by atoms with Crippen molar-refractivity contribution in [2.45, 2.75) is 32.1 Å². The molecule has 0 aliphatic carbocycles. The molecule has 6 heteroatoms. The molecular formula is C12H18N2O3S. The molecular weight excluding hydrogens is 252 g/mol. The van der Waals surface area contributed by atoms with Crippen LogP contribution in [0.25, 0.3) is 0 Å². The molecule has 0 saturated heterocycles. The quantitative estimate of drug-likeness (QED) is 0.871. The Morgan fingerprint density at radius 3 is 2.50 bits per heavy atom. The van der Waals surface area contributed by atoms with Crippen molar-refractivity contribution < 1.29 is 13.2 Å². The zero-order chi connectivity index (χ0) is 13.9. The summed E-state index contributed by atoms with van der Waals surface area (Å²) in [6.07, 6.45) is 0.388. The van der Waals surface area contributed by atoms with Gasteiger partial charge in [0.05, 0.1) is 4.90 Å². The predicted molar refractivity (Wildman–Crippen MR) is 70.6 cm³/mol. The number of rotatable bonds is 4. The van der Waals surface area contributed by atoms with E-state index in [0.717, 1.165) is 5.56 Å². The van der Waals surface area contributed by atoms with Crippen LogP contribution in [0.3, 0.4) is 0 Å². The van der Waals surface area contributed by atoms with E-state index < -0.39 is 10.0 Å². The van der Waals surface area contributed by atoms with Gasteiger partial charge < -0.3 is 5.32 Å². The molecule has 0 spiro atoms. The van der Waals surface area contributed by atoms with Gasteiger partial charge in [0.15, 0.2) is 0 Å². The Bertz CT molecular complexity index is 550. The van der Waals surface area contributed by atoms with E-state index in [-0.39, 0.29) is 16.7 Å². The van der Waals surface area contributed by atoms with E-state index in [1.807, 2.05) is 13.8 Å². The molecule has 0 bridgehead atoms. The number of amides is 1. The third-order valence-electron chi connectivity index (χ3n) is 2.41. The highest BCUT2D eigenvalue weighted by atomic mass is 32.2. The molecule has 0 radical (unpaired) electrons. The van der Waals surface area contributed by atoms with E-state index in [1.165, 1.54) is 12.1 Å². The van der Waals surface area contributed by atoms with Crippen LogP contribution in [-0.2, 0) is 14.8 Å². The Morgan fingerprint density at radius 1 is 1.39 bits per heavy atom. The Balaban J connectivity index is 2.99. The van der Waals surface area contributed by atoms with Crippen molar-refractivity contribution in [2.24, 2.45) is 11.1 Å². The van der Waals surface area contributed by atoms with Crippen LogP contribution in [0, 0.1) is 12.8 Å². The molecule has 0 atom stereocenters. The summed E-state index contributed by atoms with van der Waals surface area (Å²) in [6.45, 7) is 5.66. The molecule has 0 saturated carbocycles. The molecule has 100 valence electrons. The number of aryl methyl sites for hydroxylation is 1. The summed E-state index contributed by atoms with van der Waals surface area (Å²) in [6, 6.07) is 4.41. The van der Waals surface area contributed by atoms with Crippen molar-refractivity contribution >= 4 is 21.6 Å². The summed E-state index contributed by atoms with van der Waals surface area (Å²) in [4.78, 5) is 11.6. The lowest BCUT2D eigenvalue weighted by Crippen LogP contribution is -2.16. The first kappa shape index (κ1) is 14.7. The van der Waals surface area contributed by atoms with Crippen LogP contribution in [0.15, 0.2) is 23.1 Å². The van der Waals surface area contributed by atoms with Crippen molar-refractivity contribution in [2.75, 3.05) is 5.32 Å². The fourth-order valence-corrected chi connectivity index (χ4v) is 2.02. The average molecular weight is 270 g/mol. The van der Waals surface area contributed by atoms with Gasteiger partial charge in [0.2, 0.25) is 15.9 Å². The molecule has 1 aromatic carbocycles. The summed E-state index contributed by atoms with van der Waals surface area (Å²) in [7, 11) is -3.75. The molecule has 0 aliphatic heterocycles. The summed E-state index contributed by atoms with van der Waals surface area (Å²) in [5, 5.41) is 7.74. The Labute approximate surface area is 107 Å². The van der Waals surface area contributed by atoms with Crippen LogP contribution in [0.5, 0.6) is 0 Å². The number of carbonyl (C=O) groups excluding carboxylic acids is 1. The summed E-state index contributed by atoms with van der Waals surface area (Å²) in [5.41, 5.74) is 1.27. The zero-order valence-corrected chi connectivity index (χ0v) is 11.5. The third-order valence-corrected chi connectivity index (χ3v) is 3.32. The smallest absolute Gasteiger partial charge is 0.238 e. The lowest BCUT2D eigenvalue weighted by molar-refractivity contribution is -0.116. The number of nitrogens with two attached hydrogens (primary N) is 1. The number of hydrogen-bond donors (Lipinski definition) is 2. The third kappa shape index (κ3) is 4.12. The highest BCUT2D eigenvalue weighted by molar-refractivity contribution is 7.89. The second-order valence-corrected chi connectivity index (χ2v) is 6.23. The van der Waals surface area contributed by atoms with Gasteiger partial charge in [-0.3, -0.25) is 4.79 Å². The van der Waals surface area contributed by atoms with Gasteiger partial charge in [-0.1, -0.05) is 19.9 Å². The fourth-order valence-electron chi connectivity index (χ4n) is 1.48. The summed E-state index contributed by atoms with van der Waals surface area (Å²) in [5.74, 6) is 0.103. The van der Waals surface area contributed by atoms with Gasteiger partial charge in [-0.2, -0.15) is 0 Å². The maximum absolute atomic E-state index is 11.6. The minimum atomic E-state index is -3.75. The molecule has 18 heavy (non-hydrogen) atoms. The van der Waals surface area contributed by atoms with Gasteiger partial charge in [-0.15, -0.1) is 0 Å². The first-order valence-corrected chi connectivity index (χ1v) is 7.18. The number of sulfonamides is 1. The lowest BCUT2D eigenvalue weighted by Gasteiger charge is -2.11. The first-order valence-electron chi connectivity index (χ1n) is 5.63. The summed E-state index contributed by atoms with van der Waals surface area (Å²) >= 11 is 0. The van der Waals surface area contributed by atoms with E-state index in [9.17, 15) is 13.2 Å². The molecule has 1 amide bonds. The predicted octanol–water partition coefficient (Wildman–Crippen LogP) is 1.63. The van der Waals surface area contributed by atoms with Gasteiger partial charge in [0.1, 0.15) is 0 Å². The molecule has 3 N–H and O–H groups in total. The largest absolute Gasteiger partial charge is 0.326 e. The van der Waals surface area contributed by atoms with Crippen molar-refractivity contribution in [1.29, 1.82) is 0 Å². The standard InChI is InChI=1S/C12H18N2O3S/c1-8(2)6-12(15)14-11-7-10(18(13,16)17)5-4-9(11)3/h4-5,7-8H,6H2,1-3H3,(H,14,15)(H2,13,16,17). The van der Waals surface area contributed by atoms with Crippen LogP contribution >= 0.6 is 0 Å². The first-order chi connectivity index (χ1) is 8.20. The van der Waals surface area contributed by atoms with Gasteiger partial charge >= 0.3 is 0 Å². The van der Waals surface area contributed by atoms with E-state index in [1.54, 1.807) is 13.0 Å². The molecule has 0 unspecified atom stereocenters. The number of primary sulfonamides is 1. The van der Waals surface area contributed by atoms with E-state index in [0.29, 0.717) is 12.1 Å². The van der Waals surface area contributed by atoms with Gasteiger partial charge in [-0.05, 0) is 30.5 Å². The lowest BCUT2D eigenvalue weighted by atomic mass is 10.1. The van der Waals surface area contributed by atoms with Crippen molar-refractivity contribution in [3.05, 3.63) is 23.8 Å². The Hall–Kier alpha value is -1.40. The monoisotopic (exact) mass is 270 g/mol. The maximum Gasteiger partial charge on any atom is 0.238 e. The fraction of sp³-hybridized carbons (Fsp3) is 0.417. The highest BCUT2D eigenvalue weighted by Crippen LogP contribution is 2.20. The maximum atomic E-state index is 11.6. The van der Waals surface area contributed by atoms with Gasteiger partial charge in [0, 0.05) is 12.1 Å². The zero-order valence-electron chi connectivity index (χ0n) is 10.7. The number of hydrogen-bond acceptors (Lipinski definition) is 3. The second kappa shape index (κ2) is 5.49. The van der Waals surface area contributed by atoms with Gasteiger partial charge in [-0.25, -0.2) is 13.6 Å². The number of anilines is 1. The van der Waals surface area contributed by atoms with E-state index >= 15 is 0 Å². The molecule has 5 nitrogen and oxygen atoms in total. The minimum Gasteiger partial charge on any atom is -0.326 e. The van der Waals surface area contributed by atoms with Gasteiger partial charge in [0.25, 0.3) is 0 Å². The Morgan fingerprint density at radius 2 is 2.00 bits per heavy atom. The normalized spacial score (nSPS) is 11.6. The molecule has 1 aromatic rings. The molecule has 0 aliphatic rings. The van der Waals surface area contributed by atoms with E-state index in [4.69, 9.17) is 5.14 Å². The number of benzene rings is 1. The number of carbonyl (C=O) groups is 1. The summed E-state index contributed by atoms with van der Waals surface area (Å²) < 4.78 is 22.5. The van der Waals surface area contributed by atoms with Crippen LogP contribution in [0.1, 0.15) is 25.8 Å². The van der Waals surface area contributed by atoms with Crippen LogP contribution in [0.2, 0.25) is 0 Å². The molecule has 0 heterocycles. The highest BCUT2D eigenvalue weighted by Gasteiger charge is 2.12. The average Bonchev–Trinajstić information content (AvgIpc) is 2.18. The molecule has 0 aromatic heterocycles. The van der Waals surface area contributed by atoms with Crippen LogP contribution in [-0.4, -0.2) is 14.3 Å². The topological polar surface area (TPSA) is 89.3 Å². The molecule has 1 rings (SSSR count). The Kier molecular flexibility index (Phi) is 4.48. The van der Waals surface area contributed by atoms with Crippen LogP contribution < -0.4 is 10.5 Å².